The predicted octanol–water partition coefficient (Wildman–Crippen LogP) is 0.923. The maximum Gasteiger partial charge on any atom is 0.251 e. The quantitative estimate of drug-likeness (QED) is 0.700. The van der Waals surface area contributed by atoms with Gasteiger partial charge in [-0.3, -0.25) is 9.59 Å². The van der Waals surface area contributed by atoms with Crippen molar-refractivity contribution in [1.29, 1.82) is 0 Å². The molecule has 0 aliphatic heterocycles. The Hall–Kier alpha value is -1.84. The van der Waals surface area contributed by atoms with Crippen LogP contribution < -0.4 is 10.6 Å². The molecule has 0 radical (unpaired) electrons. The molecule has 1 rings (SSSR count). The number of hydrogen-bond donors (Lipinski definition) is 2. The summed E-state index contributed by atoms with van der Waals surface area (Å²) in [5.41, 5.74) is 1.99. The molecule has 0 aliphatic rings. The third-order valence-corrected chi connectivity index (χ3v) is 2.02. The van der Waals surface area contributed by atoms with E-state index >= 15 is 0 Å². The third kappa shape index (κ3) is 1.90. The van der Waals surface area contributed by atoms with E-state index < -0.39 is 0 Å². The number of nitrogens with one attached hydrogen (secondary N) is 2. The highest BCUT2D eigenvalue weighted by atomic mass is 16.1. The molecule has 0 atom stereocenters. The van der Waals surface area contributed by atoms with Gasteiger partial charge in [0.1, 0.15) is 0 Å². The Morgan fingerprint density at radius 2 is 2.14 bits per heavy atom. The summed E-state index contributed by atoms with van der Waals surface area (Å²) in [5, 5.41) is 5.07. The lowest BCUT2D eigenvalue weighted by Gasteiger charge is -2.08. The van der Waals surface area contributed by atoms with Crippen LogP contribution in [0.3, 0.4) is 0 Å². The Labute approximate surface area is 82.3 Å². The van der Waals surface area contributed by atoms with E-state index in [1.54, 1.807) is 32.2 Å². The molecule has 0 saturated carbocycles. The lowest BCUT2D eigenvalue weighted by molar-refractivity contribution is -0.105. The van der Waals surface area contributed by atoms with Crippen LogP contribution >= 0.6 is 0 Å². The summed E-state index contributed by atoms with van der Waals surface area (Å²) in [5.74, 6) is -0.156. The molecule has 14 heavy (non-hydrogen) atoms. The summed E-state index contributed by atoms with van der Waals surface area (Å²) < 4.78 is 0. The monoisotopic (exact) mass is 192 g/mol. The number of rotatable bonds is 3. The van der Waals surface area contributed by atoms with Crippen molar-refractivity contribution in [3.63, 3.8) is 0 Å². The van der Waals surface area contributed by atoms with Crippen molar-refractivity contribution in [2.75, 3.05) is 12.4 Å². The fourth-order valence-electron chi connectivity index (χ4n) is 1.24. The first-order valence-electron chi connectivity index (χ1n) is 4.22. The van der Waals surface area contributed by atoms with E-state index in [-0.39, 0.29) is 5.91 Å². The molecule has 2 N–H and O–H groups in total. The Morgan fingerprint density at radius 1 is 1.43 bits per heavy atom. The van der Waals surface area contributed by atoms with Crippen LogP contribution in [0.5, 0.6) is 0 Å². The highest BCUT2D eigenvalue weighted by Crippen LogP contribution is 2.17. The molecular weight excluding hydrogens is 180 g/mol. The van der Waals surface area contributed by atoms with Gasteiger partial charge in [-0.25, -0.2) is 0 Å². The molecule has 0 saturated heterocycles. The number of carbonyl (C=O) groups is 2. The molecule has 4 nitrogen and oxygen atoms in total. The number of hydrogen-bond acceptors (Lipinski definition) is 2. The standard InChI is InChI=1S/C10H12N2O2/c1-7-8(10(14)11-2)4-3-5-9(7)12-6-13/h3-6H,1-2H3,(H,11,14)(H,12,13). The van der Waals surface area contributed by atoms with E-state index in [1.807, 2.05) is 0 Å². The van der Waals surface area contributed by atoms with Gasteiger partial charge in [-0.15, -0.1) is 0 Å². The fourth-order valence-corrected chi connectivity index (χ4v) is 1.24. The summed E-state index contributed by atoms with van der Waals surface area (Å²) in [6, 6.07) is 5.18. The average Bonchev–Trinajstić information content (AvgIpc) is 2.20. The largest absolute Gasteiger partial charge is 0.355 e. The summed E-state index contributed by atoms with van der Waals surface area (Å²) in [6.45, 7) is 1.79. The number of benzene rings is 1. The van der Waals surface area contributed by atoms with E-state index in [9.17, 15) is 9.59 Å². The molecule has 0 unspecified atom stereocenters. The zero-order valence-corrected chi connectivity index (χ0v) is 8.13. The van der Waals surface area contributed by atoms with Crippen molar-refractivity contribution in [2.24, 2.45) is 0 Å². The highest BCUT2D eigenvalue weighted by molar-refractivity contribution is 5.97. The molecular formula is C10H12N2O2. The van der Waals surface area contributed by atoms with Gasteiger partial charge in [0.05, 0.1) is 0 Å². The van der Waals surface area contributed by atoms with Crippen LogP contribution in [-0.4, -0.2) is 19.4 Å². The third-order valence-electron chi connectivity index (χ3n) is 2.02. The Kier molecular flexibility index (Phi) is 3.23. The minimum Gasteiger partial charge on any atom is -0.355 e. The van der Waals surface area contributed by atoms with Crippen molar-refractivity contribution >= 4 is 18.0 Å². The summed E-state index contributed by atoms with van der Waals surface area (Å²) in [4.78, 5) is 21.6. The fraction of sp³-hybridized carbons (Fsp3) is 0.200. The SMILES string of the molecule is CNC(=O)c1cccc(NC=O)c1C. The first-order valence-corrected chi connectivity index (χ1v) is 4.22. The van der Waals surface area contributed by atoms with Gasteiger partial charge in [-0.2, -0.15) is 0 Å². The zero-order chi connectivity index (χ0) is 10.6. The molecule has 0 fully saturated rings. The van der Waals surface area contributed by atoms with Gasteiger partial charge in [0.2, 0.25) is 6.41 Å². The van der Waals surface area contributed by atoms with Crippen molar-refractivity contribution in [3.8, 4) is 0 Å². The van der Waals surface area contributed by atoms with E-state index in [4.69, 9.17) is 0 Å². The van der Waals surface area contributed by atoms with Crippen molar-refractivity contribution in [3.05, 3.63) is 29.3 Å². The molecule has 0 bridgehead atoms. The number of carbonyl (C=O) groups excluding carboxylic acids is 2. The maximum absolute atomic E-state index is 11.4. The highest BCUT2D eigenvalue weighted by Gasteiger charge is 2.08. The molecule has 1 aromatic rings. The second-order valence-electron chi connectivity index (χ2n) is 2.82. The molecule has 4 heteroatoms. The summed E-state index contributed by atoms with van der Waals surface area (Å²) in [6.07, 6.45) is 0.593. The van der Waals surface area contributed by atoms with Gasteiger partial charge in [0.15, 0.2) is 0 Å². The molecule has 2 amide bonds. The minimum absolute atomic E-state index is 0.156. The maximum atomic E-state index is 11.4. The van der Waals surface area contributed by atoms with Crippen LogP contribution in [0.25, 0.3) is 0 Å². The zero-order valence-electron chi connectivity index (χ0n) is 8.13. The van der Waals surface area contributed by atoms with Crippen LogP contribution in [0, 0.1) is 6.92 Å². The second-order valence-corrected chi connectivity index (χ2v) is 2.82. The van der Waals surface area contributed by atoms with Gasteiger partial charge in [-0.05, 0) is 24.6 Å². The van der Waals surface area contributed by atoms with Crippen LogP contribution in [0.15, 0.2) is 18.2 Å². The van der Waals surface area contributed by atoms with Gasteiger partial charge in [-0.1, -0.05) is 6.07 Å². The molecule has 0 spiro atoms. The topological polar surface area (TPSA) is 58.2 Å². The minimum atomic E-state index is -0.156. The van der Waals surface area contributed by atoms with E-state index in [2.05, 4.69) is 10.6 Å². The second kappa shape index (κ2) is 4.41. The Morgan fingerprint density at radius 3 is 2.71 bits per heavy atom. The number of amides is 2. The van der Waals surface area contributed by atoms with E-state index in [0.29, 0.717) is 17.7 Å². The molecule has 0 heterocycles. The van der Waals surface area contributed by atoms with Gasteiger partial charge in [0, 0.05) is 18.3 Å². The van der Waals surface area contributed by atoms with E-state index in [1.165, 1.54) is 0 Å². The Bertz CT molecular complexity index is 361. The molecule has 1 aromatic carbocycles. The van der Waals surface area contributed by atoms with Gasteiger partial charge in [0.25, 0.3) is 5.91 Å². The lowest BCUT2D eigenvalue weighted by Crippen LogP contribution is -2.19. The number of anilines is 1. The van der Waals surface area contributed by atoms with E-state index in [0.717, 1.165) is 5.56 Å². The first-order chi connectivity index (χ1) is 6.70. The summed E-state index contributed by atoms with van der Waals surface area (Å²) in [7, 11) is 1.57. The molecule has 74 valence electrons. The molecule has 0 aromatic heterocycles. The van der Waals surface area contributed by atoms with Crippen LogP contribution in [0.4, 0.5) is 5.69 Å². The Balaban J connectivity index is 3.13. The van der Waals surface area contributed by atoms with Crippen molar-refractivity contribution in [2.45, 2.75) is 6.92 Å². The van der Waals surface area contributed by atoms with Crippen LogP contribution in [0.2, 0.25) is 0 Å². The predicted molar refractivity (Wildman–Crippen MR) is 54.3 cm³/mol. The van der Waals surface area contributed by atoms with Gasteiger partial charge < -0.3 is 10.6 Å². The normalized spacial score (nSPS) is 9.29. The van der Waals surface area contributed by atoms with Crippen LogP contribution in [0.1, 0.15) is 15.9 Å². The summed E-state index contributed by atoms with van der Waals surface area (Å²) >= 11 is 0. The molecule has 0 aliphatic carbocycles. The van der Waals surface area contributed by atoms with Gasteiger partial charge >= 0.3 is 0 Å². The lowest BCUT2D eigenvalue weighted by atomic mass is 10.1. The smallest absolute Gasteiger partial charge is 0.251 e. The van der Waals surface area contributed by atoms with Crippen LogP contribution in [-0.2, 0) is 4.79 Å². The first kappa shape index (κ1) is 10.2. The van der Waals surface area contributed by atoms with Crippen molar-refractivity contribution in [1.82, 2.24) is 5.32 Å². The average molecular weight is 192 g/mol. The van der Waals surface area contributed by atoms with Crippen molar-refractivity contribution < 1.29 is 9.59 Å².